The first-order chi connectivity index (χ1) is 8.66. The Balaban J connectivity index is 2.01. The van der Waals surface area contributed by atoms with Gasteiger partial charge in [0.25, 0.3) is 0 Å². The Morgan fingerprint density at radius 2 is 2.06 bits per heavy atom. The number of benzene rings is 1. The van der Waals surface area contributed by atoms with Gasteiger partial charge in [0.15, 0.2) is 0 Å². The number of rotatable bonds is 3. The number of carbonyl (C=O) groups excluding carboxylic acids is 1. The van der Waals surface area contributed by atoms with Crippen LogP contribution in [0.25, 0.3) is 0 Å². The highest BCUT2D eigenvalue weighted by Gasteiger charge is 2.18. The number of nitrogens with one attached hydrogen (secondary N) is 1. The molecule has 0 spiro atoms. The highest BCUT2D eigenvalue weighted by Crippen LogP contribution is 2.18. The minimum Gasteiger partial charge on any atom is -0.337 e. The van der Waals surface area contributed by atoms with E-state index in [0.29, 0.717) is 12.6 Å². The Morgan fingerprint density at radius 1 is 1.33 bits per heavy atom. The zero-order valence-electron chi connectivity index (χ0n) is 11.3. The molecule has 0 unspecified atom stereocenters. The molecule has 18 heavy (non-hydrogen) atoms. The Hall–Kier alpha value is -1.35. The summed E-state index contributed by atoms with van der Waals surface area (Å²) in [6, 6.07) is 8.80. The van der Waals surface area contributed by atoms with Gasteiger partial charge in [-0.1, -0.05) is 38.1 Å². The van der Waals surface area contributed by atoms with Gasteiger partial charge in [-0.3, -0.25) is 4.79 Å². The van der Waals surface area contributed by atoms with E-state index in [9.17, 15) is 4.79 Å². The molecule has 0 saturated heterocycles. The fraction of sp³-hybridized carbons (Fsp3) is 0.533. The van der Waals surface area contributed by atoms with E-state index in [1.165, 1.54) is 11.1 Å². The number of hydrogen-bond acceptors (Lipinski definition) is 2. The van der Waals surface area contributed by atoms with Crippen molar-refractivity contribution in [1.82, 2.24) is 10.2 Å². The molecule has 1 amide bonds. The van der Waals surface area contributed by atoms with Gasteiger partial charge in [0, 0.05) is 19.1 Å². The van der Waals surface area contributed by atoms with Crippen LogP contribution in [0.1, 0.15) is 31.4 Å². The average Bonchev–Trinajstić information content (AvgIpc) is 2.57. The van der Waals surface area contributed by atoms with Crippen LogP contribution in [-0.2, 0) is 17.8 Å². The Bertz CT molecular complexity index is 415. The number of carbonyl (C=O) groups is 1. The molecule has 1 N–H and O–H groups in total. The van der Waals surface area contributed by atoms with Gasteiger partial charge < -0.3 is 10.2 Å². The van der Waals surface area contributed by atoms with E-state index in [1.807, 2.05) is 4.90 Å². The maximum absolute atomic E-state index is 12.1. The third-order valence-corrected chi connectivity index (χ3v) is 3.37. The van der Waals surface area contributed by atoms with Crippen LogP contribution in [0.15, 0.2) is 24.3 Å². The lowest BCUT2D eigenvalue weighted by molar-refractivity contribution is -0.130. The maximum atomic E-state index is 12.1. The van der Waals surface area contributed by atoms with Crippen LogP contribution in [0.5, 0.6) is 0 Å². The third-order valence-electron chi connectivity index (χ3n) is 3.37. The zero-order chi connectivity index (χ0) is 13.0. The van der Waals surface area contributed by atoms with Gasteiger partial charge in [0.05, 0.1) is 6.54 Å². The van der Waals surface area contributed by atoms with Crippen molar-refractivity contribution in [1.29, 1.82) is 0 Å². The molecule has 1 aliphatic rings. The highest BCUT2D eigenvalue weighted by atomic mass is 16.2. The lowest BCUT2D eigenvalue weighted by atomic mass is 10.0. The van der Waals surface area contributed by atoms with Crippen LogP contribution >= 0.6 is 0 Å². The van der Waals surface area contributed by atoms with E-state index in [1.54, 1.807) is 0 Å². The maximum Gasteiger partial charge on any atom is 0.236 e. The molecule has 0 aliphatic carbocycles. The van der Waals surface area contributed by atoms with Crippen LogP contribution in [0, 0.1) is 0 Å². The molecule has 0 atom stereocenters. The quantitative estimate of drug-likeness (QED) is 0.884. The van der Waals surface area contributed by atoms with Gasteiger partial charge in [-0.05, 0) is 24.0 Å². The lowest BCUT2D eigenvalue weighted by Gasteiger charge is -2.21. The van der Waals surface area contributed by atoms with Crippen LogP contribution in [0.4, 0.5) is 0 Å². The van der Waals surface area contributed by atoms with E-state index in [0.717, 1.165) is 25.9 Å². The topological polar surface area (TPSA) is 32.3 Å². The van der Waals surface area contributed by atoms with Gasteiger partial charge in [-0.25, -0.2) is 0 Å². The summed E-state index contributed by atoms with van der Waals surface area (Å²) in [7, 11) is 0. The second-order valence-electron chi connectivity index (χ2n) is 5.22. The normalized spacial score (nSPS) is 15.4. The van der Waals surface area contributed by atoms with Gasteiger partial charge in [-0.2, -0.15) is 0 Å². The molecule has 1 heterocycles. The molecule has 1 aromatic carbocycles. The van der Waals surface area contributed by atoms with Crippen LogP contribution in [0.3, 0.4) is 0 Å². The van der Waals surface area contributed by atoms with Gasteiger partial charge in [0.2, 0.25) is 5.91 Å². The average molecular weight is 246 g/mol. The SMILES string of the molecule is CC(C)NCC(=O)N1CCCc2ccccc2C1. The number of hydrogen-bond donors (Lipinski definition) is 1. The van der Waals surface area contributed by atoms with Crippen molar-refractivity contribution >= 4 is 5.91 Å². The van der Waals surface area contributed by atoms with Crippen molar-refractivity contribution in [2.45, 2.75) is 39.3 Å². The second-order valence-corrected chi connectivity index (χ2v) is 5.22. The standard InChI is InChI=1S/C15H22N2O/c1-12(2)16-10-15(18)17-9-5-8-13-6-3-4-7-14(13)11-17/h3-4,6-7,12,16H,5,8-11H2,1-2H3. The molecule has 1 aromatic rings. The number of fused-ring (bicyclic) bond motifs is 1. The van der Waals surface area contributed by atoms with Crippen molar-refractivity contribution in [2.24, 2.45) is 0 Å². The van der Waals surface area contributed by atoms with Crippen LogP contribution in [-0.4, -0.2) is 29.9 Å². The van der Waals surface area contributed by atoms with E-state index < -0.39 is 0 Å². The van der Waals surface area contributed by atoms with E-state index in [4.69, 9.17) is 0 Å². The Morgan fingerprint density at radius 3 is 2.78 bits per heavy atom. The summed E-state index contributed by atoms with van der Waals surface area (Å²) in [6.07, 6.45) is 2.14. The minimum absolute atomic E-state index is 0.209. The minimum atomic E-state index is 0.209. The fourth-order valence-electron chi connectivity index (χ4n) is 2.32. The van der Waals surface area contributed by atoms with Crippen molar-refractivity contribution in [3.05, 3.63) is 35.4 Å². The molecule has 2 rings (SSSR count). The second kappa shape index (κ2) is 6.01. The molecule has 0 fully saturated rings. The first kappa shape index (κ1) is 13.1. The van der Waals surface area contributed by atoms with Crippen LogP contribution in [0.2, 0.25) is 0 Å². The summed E-state index contributed by atoms with van der Waals surface area (Å²) in [5.74, 6) is 0.209. The molecular weight excluding hydrogens is 224 g/mol. The molecule has 1 aliphatic heterocycles. The highest BCUT2D eigenvalue weighted by molar-refractivity contribution is 5.78. The lowest BCUT2D eigenvalue weighted by Crippen LogP contribution is -2.39. The number of amides is 1. The summed E-state index contributed by atoms with van der Waals surface area (Å²) in [6.45, 7) is 6.19. The Kier molecular flexibility index (Phi) is 4.37. The summed E-state index contributed by atoms with van der Waals surface area (Å²) >= 11 is 0. The number of aryl methyl sites for hydroxylation is 1. The summed E-state index contributed by atoms with van der Waals surface area (Å²) < 4.78 is 0. The van der Waals surface area contributed by atoms with E-state index >= 15 is 0 Å². The molecular formula is C15H22N2O. The summed E-state index contributed by atoms with van der Waals surface area (Å²) in [4.78, 5) is 14.1. The predicted molar refractivity (Wildman–Crippen MR) is 73.3 cm³/mol. The van der Waals surface area contributed by atoms with Crippen molar-refractivity contribution in [3.63, 3.8) is 0 Å². The van der Waals surface area contributed by atoms with Crippen molar-refractivity contribution in [3.8, 4) is 0 Å². The summed E-state index contributed by atoms with van der Waals surface area (Å²) in [5, 5.41) is 3.20. The van der Waals surface area contributed by atoms with Crippen LogP contribution < -0.4 is 5.32 Å². The molecule has 3 heteroatoms. The molecule has 0 radical (unpaired) electrons. The first-order valence-corrected chi connectivity index (χ1v) is 6.75. The fourth-order valence-corrected chi connectivity index (χ4v) is 2.32. The first-order valence-electron chi connectivity index (χ1n) is 6.75. The molecule has 0 aromatic heterocycles. The zero-order valence-corrected chi connectivity index (χ0v) is 11.3. The monoisotopic (exact) mass is 246 g/mol. The largest absolute Gasteiger partial charge is 0.337 e. The van der Waals surface area contributed by atoms with Gasteiger partial charge >= 0.3 is 0 Å². The Labute approximate surface area is 109 Å². The van der Waals surface area contributed by atoms with Gasteiger partial charge in [0.1, 0.15) is 0 Å². The molecule has 98 valence electrons. The third kappa shape index (κ3) is 3.33. The van der Waals surface area contributed by atoms with E-state index in [-0.39, 0.29) is 5.91 Å². The molecule has 3 nitrogen and oxygen atoms in total. The molecule has 0 saturated carbocycles. The predicted octanol–water partition coefficient (Wildman–Crippen LogP) is 1.96. The van der Waals surface area contributed by atoms with Crippen molar-refractivity contribution < 1.29 is 4.79 Å². The van der Waals surface area contributed by atoms with Gasteiger partial charge in [-0.15, -0.1) is 0 Å². The van der Waals surface area contributed by atoms with E-state index in [2.05, 4.69) is 43.4 Å². The summed E-state index contributed by atoms with van der Waals surface area (Å²) in [5.41, 5.74) is 2.69. The number of nitrogens with zero attached hydrogens (tertiary/aromatic N) is 1. The molecule has 0 bridgehead atoms. The van der Waals surface area contributed by atoms with Crippen molar-refractivity contribution in [2.75, 3.05) is 13.1 Å². The smallest absolute Gasteiger partial charge is 0.236 e.